The standard InChI is InChI=1S/C16H17NO2S/c1-3-19-14-10-6-5-9-13(14)17-16(18)12-8-4-7-11-15(12)20-2/h4-11H,3H2,1-2H3,(H,17,18). The first-order chi connectivity index (χ1) is 9.76. The minimum absolute atomic E-state index is 0.123. The summed E-state index contributed by atoms with van der Waals surface area (Å²) in [5.74, 6) is 0.562. The number of rotatable bonds is 5. The number of ether oxygens (including phenoxy) is 1. The molecule has 0 spiro atoms. The maximum absolute atomic E-state index is 12.4. The second kappa shape index (κ2) is 7.01. The molecule has 0 unspecified atom stereocenters. The molecule has 2 aromatic rings. The van der Waals surface area contributed by atoms with Gasteiger partial charge >= 0.3 is 0 Å². The van der Waals surface area contributed by atoms with Crippen LogP contribution in [0.3, 0.4) is 0 Å². The van der Waals surface area contributed by atoms with Crippen molar-refractivity contribution < 1.29 is 9.53 Å². The molecule has 0 atom stereocenters. The molecule has 0 radical (unpaired) electrons. The normalized spacial score (nSPS) is 10.1. The quantitative estimate of drug-likeness (QED) is 0.843. The van der Waals surface area contributed by atoms with Crippen molar-refractivity contribution >= 4 is 23.4 Å². The van der Waals surface area contributed by atoms with Crippen LogP contribution in [-0.2, 0) is 0 Å². The van der Waals surface area contributed by atoms with Crippen molar-refractivity contribution in [3.63, 3.8) is 0 Å². The van der Waals surface area contributed by atoms with Crippen LogP contribution in [0.1, 0.15) is 17.3 Å². The van der Waals surface area contributed by atoms with Gasteiger partial charge in [0.25, 0.3) is 5.91 Å². The zero-order valence-electron chi connectivity index (χ0n) is 11.6. The van der Waals surface area contributed by atoms with E-state index >= 15 is 0 Å². The molecule has 20 heavy (non-hydrogen) atoms. The van der Waals surface area contributed by atoms with Crippen molar-refractivity contribution in [1.29, 1.82) is 0 Å². The second-order valence-electron chi connectivity index (χ2n) is 4.08. The fourth-order valence-corrected chi connectivity index (χ4v) is 2.47. The van der Waals surface area contributed by atoms with E-state index in [1.54, 1.807) is 11.8 Å². The van der Waals surface area contributed by atoms with Crippen molar-refractivity contribution in [2.24, 2.45) is 0 Å². The summed E-state index contributed by atoms with van der Waals surface area (Å²) in [6.07, 6.45) is 1.96. The SMILES string of the molecule is CCOc1ccccc1NC(=O)c1ccccc1SC. The molecule has 0 aliphatic carbocycles. The van der Waals surface area contributed by atoms with Gasteiger partial charge in [-0.15, -0.1) is 11.8 Å². The third kappa shape index (κ3) is 3.33. The topological polar surface area (TPSA) is 38.3 Å². The summed E-state index contributed by atoms with van der Waals surface area (Å²) in [5.41, 5.74) is 1.36. The molecule has 0 aliphatic heterocycles. The van der Waals surface area contributed by atoms with Crippen LogP contribution < -0.4 is 10.1 Å². The van der Waals surface area contributed by atoms with E-state index in [0.717, 1.165) is 4.90 Å². The summed E-state index contributed by atoms with van der Waals surface area (Å²) in [4.78, 5) is 13.3. The highest BCUT2D eigenvalue weighted by Crippen LogP contribution is 2.26. The van der Waals surface area contributed by atoms with Crippen LogP contribution in [0, 0.1) is 0 Å². The lowest BCUT2D eigenvalue weighted by Gasteiger charge is -2.12. The first-order valence-corrected chi connectivity index (χ1v) is 7.65. The van der Waals surface area contributed by atoms with E-state index in [1.165, 1.54) is 0 Å². The Kier molecular flexibility index (Phi) is 5.07. The molecule has 3 nitrogen and oxygen atoms in total. The predicted octanol–water partition coefficient (Wildman–Crippen LogP) is 4.06. The Morgan fingerprint density at radius 3 is 2.60 bits per heavy atom. The summed E-state index contributed by atoms with van der Waals surface area (Å²) in [6, 6.07) is 15.0. The van der Waals surface area contributed by atoms with Crippen LogP contribution in [0.2, 0.25) is 0 Å². The molecular weight excluding hydrogens is 270 g/mol. The largest absolute Gasteiger partial charge is 0.492 e. The summed E-state index contributed by atoms with van der Waals surface area (Å²) < 4.78 is 5.51. The molecule has 104 valence electrons. The minimum atomic E-state index is -0.123. The Balaban J connectivity index is 2.24. The molecule has 0 saturated heterocycles. The Bertz CT molecular complexity index is 599. The predicted molar refractivity (Wildman–Crippen MR) is 83.8 cm³/mol. The maximum Gasteiger partial charge on any atom is 0.256 e. The molecule has 0 aromatic heterocycles. The van der Waals surface area contributed by atoms with E-state index in [9.17, 15) is 4.79 Å². The number of hydrogen-bond acceptors (Lipinski definition) is 3. The number of hydrogen-bond donors (Lipinski definition) is 1. The van der Waals surface area contributed by atoms with E-state index in [-0.39, 0.29) is 5.91 Å². The molecule has 0 heterocycles. The number of carbonyl (C=O) groups excluding carboxylic acids is 1. The van der Waals surface area contributed by atoms with E-state index in [1.807, 2.05) is 61.7 Å². The molecule has 0 bridgehead atoms. The summed E-state index contributed by atoms with van der Waals surface area (Å²) >= 11 is 1.56. The smallest absolute Gasteiger partial charge is 0.256 e. The number of para-hydroxylation sites is 2. The van der Waals surface area contributed by atoms with Gasteiger partial charge in [-0.05, 0) is 37.4 Å². The fraction of sp³-hybridized carbons (Fsp3) is 0.188. The van der Waals surface area contributed by atoms with Crippen LogP contribution in [0.5, 0.6) is 5.75 Å². The van der Waals surface area contributed by atoms with Gasteiger partial charge in [-0.3, -0.25) is 4.79 Å². The first kappa shape index (κ1) is 14.5. The lowest BCUT2D eigenvalue weighted by molar-refractivity contribution is 0.102. The molecule has 1 amide bonds. The number of amides is 1. The van der Waals surface area contributed by atoms with Crippen LogP contribution >= 0.6 is 11.8 Å². The van der Waals surface area contributed by atoms with Gasteiger partial charge in [0, 0.05) is 4.90 Å². The van der Waals surface area contributed by atoms with Crippen LogP contribution in [0.4, 0.5) is 5.69 Å². The third-order valence-corrected chi connectivity index (χ3v) is 3.58. The van der Waals surface area contributed by atoms with Gasteiger partial charge < -0.3 is 10.1 Å². The summed E-state index contributed by atoms with van der Waals surface area (Å²) in [6.45, 7) is 2.48. The Hall–Kier alpha value is -1.94. The first-order valence-electron chi connectivity index (χ1n) is 6.42. The minimum Gasteiger partial charge on any atom is -0.492 e. The van der Waals surface area contributed by atoms with Gasteiger partial charge in [0.2, 0.25) is 0 Å². The van der Waals surface area contributed by atoms with Crippen molar-refractivity contribution in [3.8, 4) is 5.75 Å². The second-order valence-corrected chi connectivity index (χ2v) is 4.93. The van der Waals surface area contributed by atoms with E-state index in [0.29, 0.717) is 23.6 Å². The van der Waals surface area contributed by atoms with Gasteiger partial charge in [0.15, 0.2) is 0 Å². The molecule has 0 aliphatic rings. The van der Waals surface area contributed by atoms with Crippen molar-refractivity contribution in [2.45, 2.75) is 11.8 Å². The van der Waals surface area contributed by atoms with Gasteiger partial charge in [-0.1, -0.05) is 24.3 Å². The van der Waals surface area contributed by atoms with Crippen molar-refractivity contribution in [2.75, 3.05) is 18.2 Å². The van der Waals surface area contributed by atoms with Crippen molar-refractivity contribution in [3.05, 3.63) is 54.1 Å². The van der Waals surface area contributed by atoms with E-state index < -0.39 is 0 Å². The maximum atomic E-state index is 12.4. The Morgan fingerprint density at radius 1 is 1.15 bits per heavy atom. The molecule has 2 aromatic carbocycles. The lowest BCUT2D eigenvalue weighted by Crippen LogP contribution is -2.13. The van der Waals surface area contributed by atoms with E-state index in [4.69, 9.17) is 4.74 Å². The molecule has 0 fully saturated rings. The number of nitrogens with one attached hydrogen (secondary N) is 1. The number of thioether (sulfide) groups is 1. The number of anilines is 1. The van der Waals surface area contributed by atoms with Gasteiger partial charge in [0.1, 0.15) is 5.75 Å². The monoisotopic (exact) mass is 287 g/mol. The zero-order valence-corrected chi connectivity index (χ0v) is 12.4. The molecule has 0 saturated carbocycles. The molecule has 2 rings (SSSR count). The summed E-state index contributed by atoms with van der Waals surface area (Å²) in [5, 5.41) is 2.91. The van der Waals surface area contributed by atoms with Crippen LogP contribution in [0.25, 0.3) is 0 Å². The highest BCUT2D eigenvalue weighted by atomic mass is 32.2. The van der Waals surface area contributed by atoms with Gasteiger partial charge in [0.05, 0.1) is 17.9 Å². The molecule has 1 N–H and O–H groups in total. The van der Waals surface area contributed by atoms with Gasteiger partial charge in [-0.2, -0.15) is 0 Å². The van der Waals surface area contributed by atoms with Crippen molar-refractivity contribution in [1.82, 2.24) is 0 Å². The zero-order chi connectivity index (χ0) is 14.4. The van der Waals surface area contributed by atoms with E-state index in [2.05, 4.69) is 5.32 Å². The Labute approximate surface area is 123 Å². The summed E-state index contributed by atoms with van der Waals surface area (Å²) in [7, 11) is 0. The number of carbonyl (C=O) groups is 1. The Morgan fingerprint density at radius 2 is 1.85 bits per heavy atom. The molecular formula is C16H17NO2S. The number of benzene rings is 2. The third-order valence-electron chi connectivity index (χ3n) is 2.79. The highest BCUT2D eigenvalue weighted by molar-refractivity contribution is 7.98. The van der Waals surface area contributed by atoms with Crippen LogP contribution in [0.15, 0.2) is 53.4 Å². The average molecular weight is 287 g/mol. The van der Waals surface area contributed by atoms with Crippen LogP contribution in [-0.4, -0.2) is 18.8 Å². The van der Waals surface area contributed by atoms with Gasteiger partial charge in [-0.25, -0.2) is 0 Å². The average Bonchev–Trinajstić information content (AvgIpc) is 2.49. The molecule has 4 heteroatoms. The fourth-order valence-electron chi connectivity index (χ4n) is 1.87. The highest BCUT2D eigenvalue weighted by Gasteiger charge is 2.12. The lowest BCUT2D eigenvalue weighted by atomic mass is 10.2.